The Morgan fingerprint density at radius 2 is 2.24 bits per heavy atom. The summed E-state index contributed by atoms with van der Waals surface area (Å²) in [5.74, 6) is -0.991. The van der Waals surface area contributed by atoms with Crippen molar-refractivity contribution in [3.63, 3.8) is 0 Å². The lowest BCUT2D eigenvalue weighted by molar-refractivity contribution is 0.0625. The third kappa shape index (κ3) is 2.45. The van der Waals surface area contributed by atoms with Crippen LogP contribution in [0.3, 0.4) is 0 Å². The lowest BCUT2D eigenvalue weighted by atomic mass is 10.1. The second-order valence-electron chi connectivity index (χ2n) is 4.70. The number of hydrogen-bond donors (Lipinski definition) is 2. The first-order valence-corrected chi connectivity index (χ1v) is 5.27. The highest BCUT2D eigenvalue weighted by molar-refractivity contribution is 5.91. The van der Waals surface area contributed by atoms with Gasteiger partial charge in [-0.1, -0.05) is 0 Å². The van der Waals surface area contributed by atoms with Gasteiger partial charge in [0.1, 0.15) is 5.65 Å². The summed E-state index contributed by atoms with van der Waals surface area (Å²) >= 11 is 0. The molecule has 0 aliphatic heterocycles. The molecule has 2 aromatic rings. The maximum absolute atomic E-state index is 10.8. The van der Waals surface area contributed by atoms with Crippen LogP contribution in [0.1, 0.15) is 24.2 Å². The molecule has 2 heterocycles. The number of carbonyl (C=O) groups is 1. The Morgan fingerprint density at radius 1 is 1.53 bits per heavy atom. The normalized spacial score (nSPS) is 11.9. The van der Waals surface area contributed by atoms with Gasteiger partial charge in [-0.05, 0) is 26.0 Å². The Bertz CT molecular complexity index is 567. The van der Waals surface area contributed by atoms with Crippen molar-refractivity contribution in [2.75, 3.05) is 0 Å². The predicted molar refractivity (Wildman–Crippen MR) is 63.0 cm³/mol. The Kier molecular flexibility index (Phi) is 2.63. The smallest absolute Gasteiger partial charge is 0.337 e. The van der Waals surface area contributed by atoms with Crippen molar-refractivity contribution in [3.8, 4) is 0 Å². The van der Waals surface area contributed by atoms with Gasteiger partial charge in [0, 0.05) is 17.8 Å². The van der Waals surface area contributed by atoms with Crippen molar-refractivity contribution < 1.29 is 15.0 Å². The molecule has 0 aromatic carbocycles. The highest BCUT2D eigenvalue weighted by Gasteiger charge is 2.15. The maximum Gasteiger partial charge on any atom is 0.337 e. The summed E-state index contributed by atoms with van der Waals surface area (Å²) in [6.07, 6.45) is 3.12. The molecule has 2 rings (SSSR count). The van der Waals surface area contributed by atoms with Gasteiger partial charge in [-0.25, -0.2) is 9.78 Å². The van der Waals surface area contributed by atoms with Crippen LogP contribution in [-0.2, 0) is 6.54 Å². The van der Waals surface area contributed by atoms with Crippen molar-refractivity contribution >= 4 is 17.0 Å². The average Bonchev–Trinajstić information content (AvgIpc) is 2.58. The zero-order valence-electron chi connectivity index (χ0n) is 9.71. The molecule has 0 atom stereocenters. The van der Waals surface area contributed by atoms with E-state index in [1.807, 2.05) is 0 Å². The highest BCUT2D eigenvalue weighted by atomic mass is 16.4. The number of aliphatic hydroxyl groups is 1. The summed E-state index contributed by atoms with van der Waals surface area (Å²) < 4.78 is 1.81. The number of hydrogen-bond acceptors (Lipinski definition) is 3. The first kappa shape index (κ1) is 11.6. The third-order valence-electron chi connectivity index (χ3n) is 2.41. The summed E-state index contributed by atoms with van der Waals surface area (Å²) in [4.78, 5) is 14.9. The number of aromatic nitrogens is 2. The van der Waals surface area contributed by atoms with E-state index in [-0.39, 0.29) is 5.56 Å². The number of rotatable bonds is 3. The van der Waals surface area contributed by atoms with Gasteiger partial charge in [-0.15, -0.1) is 0 Å². The van der Waals surface area contributed by atoms with Gasteiger partial charge in [0.2, 0.25) is 0 Å². The van der Waals surface area contributed by atoms with Crippen molar-refractivity contribution in [2.45, 2.75) is 26.0 Å². The van der Waals surface area contributed by atoms with E-state index in [1.54, 1.807) is 36.7 Å². The summed E-state index contributed by atoms with van der Waals surface area (Å²) in [6.45, 7) is 3.84. The minimum Gasteiger partial charge on any atom is -0.478 e. The monoisotopic (exact) mass is 234 g/mol. The molecular formula is C12H14N2O3. The first-order valence-electron chi connectivity index (χ1n) is 5.27. The SMILES string of the molecule is CC(C)(O)Cn1ccc2cc(C(=O)O)cnc21. The minimum absolute atomic E-state index is 0.165. The van der Waals surface area contributed by atoms with Crippen LogP contribution >= 0.6 is 0 Å². The number of pyridine rings is 1. The molecule has 0 saturated carbocycles. The molecule has 0 unspecified atom stereocenters. The fourth-order valence-corrected chi connectivity index (χ4v) is 1.74. The van der Waals surface area contributed by atoms with E-state index in [0.717, 1.165) is 5.39 Å². The van der Waals surface area contributed by atoms with Crippen LogP contribution in [0.2, 0.25) is 0 Å². The summed E-state index contributed by atoms with van der Waals surface area (Å²) in [5, 5.41) is 19.4. The average molecular weight is 234 g/mol. The molecule has 17 heavy (non-hydrogen) atoms. The van der Waals surface area contributed by atoms with Crippen LogP contribution in [-0.4, -0.2) is 31.3 Å². The number of carboxylic acids is 1. The van der Waals surface area contributed by atoms with Gasteiger partial charge in [0.25, 0.3) is 0 Å². The summed E-state index contributed by atoms with van der Waals surface area (Å²) in [7, 11) is 0. The molecule has 0 spiro atoms. The Labute approximate surface area is 98.3 Å². The number of nitrogens with zero attached hydrogens (tertiary/aromatic N) is 2. The Morgan fingerprint density at radius 3 is 2.82 bits per heavy atom. The number of carboxylic acid groups (broad SMARTS) is 1. The molecular weight excluding hydrogens is 220 g/mol. The molecule has 2 N–H and O–H groups in total. The predicted octanol–water partition coefficient (Wildman–Crippen LogP) is 1.51. The first-order chi connectivity index (χ1) is 7.87. The van der Waals surface area contributed by atoms with Gasteiger partial charge in [-0.3, -0.25) is 0 Å². The molecule has 5 nitrogen and oxygen atoms in total. The van der Waals surface area contributed by atoms with Gasteiger partial charge >= 0.3 is 5.97 Å². The zero-order valence-corrected chi connectivity index (χ0v) is 9.71. The van der Waals surface area contributed by atoms with E-state index in [1.165, 1.54) is 6.20 Å². The molecule has 2 aromatic heterocycles. The van der Waals surface area contributed by atoms with Crippen molar-refractivity contribution in [1.29, 1.82) is 0 Å². The Hall–Kier alpha value is -1.88. The lowest BCUT2D eigenvalue weighted by Gasteiger charge is -2.18. The largest absolute Gasteiger partial charge is 0.478 e. The van der Waals surface area contributed by atoms with Crippen LogP contribution in [0.25, 0.3) is 11.0 Å². The van der Waals surface area contributed by atoms with Crippen LogP contribution < -0.4 is 0 Å². The van der Waals surface area contributed by atoms with E-state index in [9.17, 15) is 9.90 Å². The molecule has 5 heteroatoms. The fraction of sp³-hybridized carbons (Fsp3) is 0.333. The fourth-order valence-electron chi connectivity index (χ4n) is 1.74. The summed E-state index contributed by atoms with van der Waals surface area (Å²) in [5.41, 5.74) is 0.00895. The number of fused-ring (bicyclic) bond motifs is 1. The van der Waals surface area contributed by atoms with Gasteiger partial charge in [0.15, 0.2) is 0 Å². The standard InChI is InChI=1S/C12H14N2O3/c1-12(2,17)7-14-4-3-8-5-9(11(15)16)6-13-10(8)14/h3-6,17H,7H2,1-2H3,(H,15,16). The van der Waals surface area contributed by atoms with E-state index < -0.39 is 11.6 Å². The quantitative estimate of drug-likeness (QED) is 0.844. The maximum atomic E-state index is 10.8. The Balaban J connectivity index is 2.45. The second-order valence-corrected chi connectivity index (χ2v) is 4.70. The molecule has 0 aliphatic rings. The molecule has 0 saturated heterocycles. The number of aromatic carboxylic acids is 1. The lowest BCUT2D eigenvalue weighted by Crippen LogP contribution is -2.25. The van der Waals surface area contributed by atoms with Crippen molar-refractivity contribution in [1.82, 2.24) is 9.55 Å². The van der Waals surface area contributed by atoms with Crippen LogP contribution in [0.4, 0.5) is 0 Å². The van der Waals surface area contributed by atoms with Gasteiger partial charge in [0.05, 0.1) is 17.7 Å². The minimum atomic E-state index is -0.991. The second kappa shape index (κ2) is 3.85. The molecule has 0 amide bonds. The summed E-state index contributed by atoms with van der Waals surface area (Å²) in [6, 6.07) is 3.37. The van der Waals surface area contributed by atoms with Crippen LogP contribution in [0, 0.1) is 0 Å². The van der Waals surface area contributed by atoms with Crippen LogP contribution in [0.15, 0.2) is 24.5 Å². The zero-order chi connectivity index (χ0) is 12.6. The van der Waals surface area contributed by atoms with E-state index >= 15 is 0 Å². The van der Waals surface area contributed by atoms with E-state index in [0.29, 0.717) is 12.2 Å². The molecule has 0 aliphatic carbocycles. The van der Waals surface area contributed by atoms with Crippen molar-refractivity contribution in [2.24, 2.45) is 0 Å². The molecule has 0 radical (unpaired) electrons. The van der Waals surface area contributed by atoms with Gasteiger partial charge in [-0.2, -0.15) is 0 Å². The third-order valence-corrected chi connectivity index (χ3v) is 2.41. The van der Waals surface area contributed by atoms with E-state index in [4.69, 9.17) is 5.11 Å². The van der Waals surface area contributed by atoms with Gasteiger partial charge < -0.3 is 14.8 Å². The van der Waals surface area contributed by atoms with E-state index in [2.05, 4.69) is 4.98 Å². The van der Waals surface area contributed by atoms with Crippen molar-refractivity contribution in [3.05, 3.63) is 30.1 Å². The highest BCUT2D eigenvalue weighted by Crippen LogP contribution is 2.17. The molecule has 0 bridgehead atoms. The molecule has 0 fully saturated rings. The molecule has 90 valence electrons. The van der Waals surface area contributed by atoms with Crippen LogP contribution in [0.5, 0.6) is 0 Å². The topological polar surface area (TPSA) is 75.4 Å².